The van der Waals surface area contributed by atoms with E-state index >= 15 is 0 Å². The second-order valence-electron chi connectivity index (χ2n) is 17.7. The molecular weight excluding hydrogens is 713 g/mol. The van der Waals surface area contributed by atoms with E-state index in [-0.39, 0.29) is 37.2 Å². The molecule has 1 rings (SSSR count). The van der Waals surface area contributed by atoms with Crippen LogP contribution in [0, 0.1) is 0 Å². The number of hydrogen-bond acceptors (Lipinski definition) is 0. The van der Waals surface area contributed by atoms with Gasteiger partial charge in [0.15, 0.2) is 0 Å². The molecule has 3 nitrogen and oxygen atoms in total. The van der Waals surface area contributed by atoms with E-state index in [4.69, 9.17) is 0 Å². The first-order valence-corrected chi connectivity index (χ1v) is 22.4. The SMILES string of the molecule is CCCCCCCCCCCCCCCC[N+](C)(C)C.CCCCCCCCCCCC[N+](C)(C)C.CC[N+](CC)(CC)Cc1ccccc1.[Cl-].[Cl-].[Cl-]. The van der Waals surface area contributed by atoms with Crippen molar-refractivity contribution in [3.63, 3.8) is 0 Å². The Balaban J connectivity index is -0.000000214. The minimum Gasteiger partial charge on any atom is -1.00 e. The Kier molecular flexibility index (Phi) is 50.6. The summed E-state index contributed by atoms with van der Waals surface area (Å²) in [6, 6.07) is 10.8. The first kappa shape index (κ1) is 62.2. The summed E-state index contributed by atoms with van der Waals surface area (Å²) < 4.78 is 3.44. The summed E-state index contributed by atoms with van der Waals surface area (Å²) in [7, 11) is 13.7. The molecule has 0 amide bonds. The molecule has 322 valence electrons. The molecule has 0 saturated carbocycles. The lowest BCUT2D eigenvalue weighted by Crippen LogP contribution is -3.00. The van der Waals surface area contributed by atoms with Gasteiger partial charge in [-0.2, -0.15) is 0 Å². The van der Waals surface area contributed by atoms with Gasteiger partial charge in [0.2, 0.25) is 0 Å². The number of unbranched alkanes of at least 4 members (excludes halogenated alkanes) is 22. The Hall–Kier alpha value is -0.0300. The van der Waals surface area contributed by atoms with Gasteiger partial charge < -0.3 is 50.7 Å². The normalized spacial score (nSPS) is 11.2. The minimum absolute atomic E-state index is 0. The van der Waals surface area contributed by atoms with E-state index in [1.807, 2.05) is 0 Å². The molecule has 0 bridgehead atoms. The number of halogens is 3. The number of nitrogens with zero attached hydrogens (tertiary/aromatic N) is 3. The third kappa shape index (κ3) is 48.0. The zero-order valence-corrected chi connectivity index (χ0v) is 40.3. The Morgan fingerprint density at radius 1 is 0.340 bits per heavy atom. The first-order chi connectivity index (χ1) is 23.9. The summed E-state index contributed by atoms with van der Waals surface area (Å²) in [5.74, 6) is 0. The van der Waals surface area contributed by atoms with Crippen molar-refractivity contribution < 1.29 is 50.7 Å². The maximum absolute atomic E-state index is 2.29. The molecule has 0 aliphatic rings. The van der Waals surface area contributed by atoms with E-state index < -0.39 is 0 Å². The van der Waals surface area contributed by atoms with Gasteiger partial charge in [-0.1, -0.05) is 173 Å². The summed E-state index contributed by atoms with van der Waals surface area (Å²) in [6.45, 7) is 18.9. The smallest absolute Gasteiger partial charge is 0.104 e. The molecule has 53 heavy (non-hydrogen) atoms. The fourth-order valence-corrected chi connectivity index (χ4v) is 6.83. The first-order valence-electron chi connectivity index (χ1n) is 22.4. The van der Waals surface area contributed by atoms with E-state index in [2.05, 4.69) is 107 Å². The summed E-state index contributed by atoms with van der Waals surface area (Å²) in [5.41, 5.74) is 1.46. The predicted octanol–water partition coefficient (Wildman–Crippen LogP) is 4.86. The zero-order chi connectivity index (χ0) is 37.8. The summed E-state index contributed by atoms with van der Waals surface area (Å²) >= 11 is 0. The fraction of sp³-hybridized carbons (Fsp3) is 0.872. The molecule has 0 heterocycles. The van der Waals surface area contributed by atoms with Crippen molar-refractivity contribution in [1.29, 1.82) is 0 Å². The van der Waals surface area contributed by atoms with E-state index in [1.165, 1.54) is 203 Å². The average molecular weight is 812 g/mol. The van der Waals surface area contributed by atoms with Gasteiger partial charge in [0.05, 0.1) is 75.0 Å². The fourth-order valence-electron chi connectivity index (χ4n) is 6.83. The van der Waals surface area contributed by atoms with Crippen LogP contribution in [0.1, 0.15) is 194 Å². The Bertz CT molecular complexity index is 780. The minimum atomic E-state index is 0. The van der Waals surface area contributed by atoms with Gasteiger partial charge in [-0.3, -0.25) is 0 Å². The summed E-state index contributed by atoms with van der Waals surface area (Å²) in [5, 5.41) is 0. The Labute approximate surface area is 355 Å². The number of benzene rings is 1. The molecule has 6 heteroatoms. The van der Waals surface area contributed by atoms with Gasteiger partial charge in [-0.25, -0.2) is 0 Å². The van der Waals surface area contributed by atoms with Gasteiger partial charge in [0, 0.05) is 5.56 Å². The van der Waals surface area contributed by atoms with E-state index in [9.17, 15) is 0 Å². The predicted molar refractivity (Wildman–Crippen MR) is 230 cm³/mol. The van der Waals surface area contributed by atoms with Crippen LogP contribution < -0.4 is 37.2 Å². The molecule has 1 aromatic rings. The molecule has 0 aromatic heterocycles. The highest BCUT2D eigenvalue weighted by atomic mass is 35.5. The van der Waals surface area contributed by atoms with Crippen LogP contribution in [0.4, 0.5) is 0 Å². The van der Waals surface area contributed by atoms with Gasteiger partial charge in [-0.05, 0) is 46.5 Å². The summed E-state index contributed by atoms with van der Waals surface area (Å²) in [4.78, 5) is 0. The second-order valence-corrected chi connectivity index (χ2v) is 17.7. The maximum atomic E-state index is 2.29. The van der Waals surface area contributed by atoms with E-state index in [0.29, 0.717) is 0 Å². The number of hydrogen-bond donors (Lipinski definition) is 0. The Morgan fingerprint density at radius 2 is 0.585 bits per heavy atom. The Morgan fingerprint density at radius 3 is 0.811 bits per heavy atom. The quantitative estimate of drug-likeness (QED) is 0.0744. The lowest BCUT2D eigenvalue weighted by Gasteiger charge is -2.35. The van der Waals surface area contributed by atoms with Crippen molar-refractivity contribution in [2.45, 2.75) is 195 Å². The van der Waals surface area contributed by atoms with Gasteiger partial charge in [-0.15, -0.1) is 0 Å². The third-order valence-corrected chi connectivity index (χ3v) is 10.7. The van der Waals surface area contributed by atoms with Crippen molar-refractivity contribution in [1.82, 2.24) is 0 Å². The molecule has 0 aliphatic carbocycles. The van der Waals surface area contributed by atoms with Crippen LogP contribution in [-0.4, -0.2) is 88.5 Å². The summed E-state index contributed by atoms with van der Waals surface area (Å²) in [6.07, 6.45) is 34.8. The molecule has 0 fully saturated rings. The largest absolute Gasteiger partial charge is 1.00 e. The van der Waals surface area contributed by atoms with Crippen LogP contribution in [0.25, 0.3) is 0 Å². The molecule has 0 atom stereocenters. The third-order valence-electron chi connectivity index (χ3n) is 10.7. The number of rotatable bonds is 31. The molecule has 0 spiro atoms. The van der Waals surface area contributed by atoms with E-state index in [1.54, 1.807) is 0 Å². The average Bonchev–Trinajstić information content (AvgIpc) is 3.08. The zero-order valence-electron chi connectivity index (χ0n) is 38.1. The maximum Gasteiger partial charge on any atom is 0.104 e. The molecule has 0 N–H and O–H groups in total. The van der Waals surface area contributed by atoms with Crippen molar-refractivity contribution in [2.24, 2.45) is 0 Å². The van der Waals surface area contributed by atoms with Crippen LogP contribution in [-0.2, 0) is 6.54 Å². The van der Waals surface area contributed by atoms with Crippen molar-refractivity contribution in [3.8, 4) is 0 Å². The molecule has 1 aromatic carbocycles. The van der Waals surface area contributed by atoms with Gasteiger partial charge in [0.1, 0.15) is 6.54 Å². The second kappa shape index (κ2) is 43.1. The topological polar surface area (TPSA) is 0 Å². The van der Waals surface area contributed by atoms with Crippen molar-refractivity contribution in [3.05, 3.63) is 35.9 Å². The highest BCUT2D eigenvalue weighted by molar-refractivity contribution is 5.13. The van der Waals surface area contributed by atoms with Crippen LogP contribution in [0.15, 0.2) is 30.3 Å². The van der Waals surface area contributed by atoms with Crippen molar-refractivity contribution in [2.75, 3.05) is 75.0 Å². The highest BCUT2D eigenvalue weighted by Crippen LogP contribution is 2.15. The van der Waals surface area contributed by atoms with Crippen LogP contribution >= 0.6 is 0 Å². The molecule has 0 unspecified atom stereocenters. The molecule has 0 aliphatic heterocycles. The van der Waals surface area contributed by atoms with Gasteiger partial charge in [0.25, 0.3) is 0 Å². The van der Waals surface area contributed by atoms with Crippen molar-refractivity contribution >= 4 is 0 Å². The molecule has 0 radical (unpaired) electrons. The monoisotopic (exact) mass is 810 g/mol. The number of quaternary nitrogens is 3. The molecule has 0 saturated heterocycles. The van der Waals surface area contributed by atoms with Crippen LogP contribution in [0.5, 0.6) is 0 Å². The van der Waals surface area contributed by atoms with Crippen LogP contribution in [0.2, 0.25) is 0 Å². The van der Waals surface area contributed by atoms with Crippen LogP contribution in [0.3, 0.4) is 0 Å². The highest BCUT2D eigenvalue weighted by Gasteiger charge is 2.20. The van der Waals surface area contributed by atoms with E-state index in [0.717, 1.165) is 8.97 Å². The van der Waals surface area contributed by atoms with Gasteiger partial charge >= 0.3 is 0 Å². The molecular formula is C47H98Cl3N3. The lowest BCUT2D eigenvalue weighted by atomic mass is 10.0. The standard InChI is InChI=1S/C19H42N.C15H34N.C13H22N.3ClH/c1-5-6-7-8-9-10-11-12-13-14-15-16-17-18-19-20(2,3)4;1-5-6-7-8-9-10-11-12-13-14-15-16(2,3)4;1-4-14(5-2,6-3)12-13-10-8-7-9-11-13;;;/h5-19H2,1-4H3;5-15H2,1-4H3;7-11H,4-6,12H2,1-3H3;3*1H/q3*+1;;;/p-3. The lowest BCUT2D eigenvalue weighted by molar-refractivity contribution is -0.936.